The van der Waals surface area contributed by atoms with E-state index < -0.39 is 0 Å². The van der Waals surface area contributed by atoms with Gasteiger partial charge in [-0.1, -0.05) is 159 Å². The van der Waals surface area contributed by atoms with Crippen LogP contribution in [0.4, 0.5) is 0 Å². The first kappa shape index (κ1) is 28.3. The van der Waals surface area contributed by atoms with Crippen LogP contribution in [-0.2, 0) is 0 Å². The quantitative estimate of drug-likeness (QED) is 0.171. The molecule has 0 bridgehead atoms. The highest BCUT2D eigenvalue weighted by Crippen LogP contribution is 2.37. The maximum atomic E-state index is 2.37. The lowest BCUT2D eigenvalue weighted by Gasteiger charge is -2.11. The number of hydrogen-bond acceptors (Lipinski definition) is 0. The molecule has 0 fully saturated rings. The molecule has 0 aliphatic rings. The Kier molecular flexibility index (Phi) is 6.69. The van der Waals surface area contributed by atoms with Gasteiger partial charge in [-0.25, -0.2) is 0 Å². The molecule has 0 radical (unpaired) electrons. The summed E-state index contributed by atoms with van der Waals surface area (Å²) in [6.45, 7) is 4.00. The van der Waals surface area contributed by atoms with Crippen molar-refractivity contribution in [3.05, 3.63) is 170 Å². The van der Waals surface area contributed by atoms with Crippen LogP contribution in [0, 0.1) is 0 Å². The Morgan fingerprint density at radius 3 is 0.917 bits per heavy atom. The van der Waals surface area contributed by atoms with E-state index in [9.17, 15) is 0 Å². The van der Waals surface area contributed by atoms with Crippen molar-refractivity contribution in [3.8, 4) is 22.3 Å². The monoisotopic (exact) mass is 610 g/mol. The Hall–Kier alpha value is -5.98. The molecule has 0 heteroatoms. The topological polar surface area (TPSA) is 0 Å². The van der Waals surface area contributed by atoms with Crippen LogP contribution in [0.25, 0.3) is 97.7 Å². The van der Waals surface area contributed by atoms with E-state index >= 15 is 0 Å². The van der Waals surface area contributed by atoms with Crippen LogP contribution in [0.1, 0.15) is 13.8 Å². The second kappa shape index (κ2) is 11.4. The third-order valence-corrected chi connectivity index (χ3v) is 9.99. The largest absolute Gasteiger partial charge is 0.0683 e. The number of hydrogen-bond donors (Lipinski definition) is 0. The van der Waals surface area contributed by atoms with E-state index in [1.54, 1.807) is 0 Å². The molecule has 48 heavy (non-hydrogen) atoms. The van der Waals surface area contributed by atoms with Crippen LogP contribution in [0.5, 0.6) is 0 Å². The number of rotatable bonds is 2. The van der Waals surface area contributed by atoms with Crippen LogP contribution in [-0.4, -0.2) is 0 Å². The molecule has 10 aromatic carbocycles. The Balaban J connectivity index is 0.00000154. The van der Waals surface area contributed by atoms with E-state index in [0.29, 0.717) is 0 Å². The lowest BCUT2D eigenvalue weighted by Crippen LogP contribution is -1.85. The molecule has 0 nitrogen and oxygen atoms in total. The second-order valence-electron chi connectivity index (χ2n) is 12.5. The van der Waals surface area contributed by atoms with Gasteiger partial charge in [0.05, 0.1) is 0 Å². The summed E-state index contributed by atoms with van der Waals surface area (Å²) in [6.07, 6.45) is 0. The van der Waals surface area contributed by atoms with E-state index in [-0.39, 0.29) is 0 Å². The predicted molar refractivity (Wildman–Crippen MR) is 211 cm³/mol. The molecular weight excluding hydrogens is 577 g/mol. The summed E-state index contributed by atoms with van der Waals surface area (Å²) in [5, 5.41) is 18.1. The lowest BCUT2D eigenvalue weighted by atomic mass is 9.92. The summed E-state index contributed by atoms with van der Waals surface area (Å²) < 4.78 is 0. The van der Waals surface area contributed by atoms with Gasteiger partial charge in [0, 0.05) is 0 Å². The second-order valence-corrected chi connectivity index (χ2v) is 12.5. The average molecular weight is 611 g/mol. The Bertz CT molecular complexity index is 2660. The average Bonchev–Trinajstić information content (AvgIpc) is 3.17. The zero-order valence-corrected chi connectivity index (χ0v) is 27.2. The lowest BCUT2D eigenvalue weighted by molar-refractivity contribution is 1.50. The van der Waals surface area contributed by atoms with Crippen LogP contribution >= 0.6 is 0 Å². The zero-order valence-electron chi connectivity index (χ0n) is 27.2. The van der Waals surface area contributed by atoms with Gasteiger partial charge in [-0.3, -0.25) is 0 Å². The van der Waals surface area contributed by atoms with Gasteiger partial charge in [-0.05, 0) is 122 Å². The molecule has 0 N–H and O–H groups in total. The summed E-state index contributed by atoms with van der Waals surface area (Å²) >= 11 is 0. The summed E-state index contributed by atoms with van der Waals surface area (Å²) in [5.41, 5.74) is 4.97. The van der Waals surface area contributed by atoms with Crippen LogP contribution in [0.3, 0.4) is 0 Å². The molecule has 0 atom stereocenters. The van der Waals surface area contributed by atoms with E-state index in [4.69, 9.17) is 0 Å². The fourth-order valence-corrected chi connectivity index (χ4v) is 7.60. The highest BCUT2D eigenvalue weighted by Gasteiger charge is 2.10. The molecule has 0 aromatic heterocycles. The summed E-state index contributed by atoms with van der Waals surface area (Å²) in [5.74, 6) is 0. The Morgan fingerprint density at radius 1 is 0.208 bits per heavy atom. The molecule has 226 valence electrons. The summed E-state index contributed by atoms with van der Waals surface area (Å²) in [7, 11) is 0. The van der Waals surface area contributed by atoms with Crippen LogP contribution in [0.15, 0.2) is 170 Å². The van der Waals surface area contributed by atoms with Gasteiger partial charge in [0.1, 0.15) is 0 Å². The molecule has 10 rings (SSSR count). The third kappa shape index (κ3) is 4.53. The van der Waals surface area contributed by atoms with Crippen molar-refractivity contribution >= 4 is 75.4 Å². The number of fused-ring (bicyclic) bond motifs is 11. The van der Waals surface area contributed by atoms with E-state index in [2.05, 4.69) is 170 Å². The normalized spacial score (nSPS) is 11.5. The van der Waals surface area contributed by atoms with Crippen molar-refractivity contribution in [1.82, 2.24) is 0 Å². The van der Waals surface area contributed by atoms with Crippen molar-refractivity contribution in [2.75, 3.05) is 0 Å². The van der Waals surface area contributed by atoms with Crippen LogP contribution < -0.4 is 0 Å². The van der Waals surface area contributed by atoms with E-state index in [1.165, 1.54) is 97.7 Å². The number of benzene rings is 10. The summed E-state index contributed by atoms with van der Waals surface area (Å²) in [6, 6.07) is 63.0. The van der Waals surface area contributed by atoms with Gasteiger partial charge in [0.25, 0.3) is 0 Å². The molecule has 10 aromatic rings. The molecule has 0 spiro atoms. The van der Waals surface area contributed by atoms with Gasteiger partial charge < -0.3 is 0 Å². The molecule has 0 aliphatic carbocycles. The molecule has 0 amide bonds. The van der Waals surface area contributed by atoms with Gasteiger partial charge in [-0.2, -0.15) is 0 Å². The van der Waals surface area contributed by atoms with Gasteiger partial charge in [-0.15, -0.1) is 0 Å². The highest BCUT2D eigenvalue weighted by atomic mass is 14.1. The first-order valence-electron chi connectivity index (χ1n) is 17.0. The minimum Gasteiger partial charge on any atom is -0.0683 e. The standard InChI is InChI=1S/C46H28.C2H6/c1-3-7-39-29(5-1)17-23-43-41(39)21-19-31-9-11-37(27-45(31)43)35-15-13-34-26-36(16-14-33(34)25-35)38-12-10-32-20-22-42-40-8-4-2-6-30(40)18-24-44(42)46(32)28-38;1-2/h1-28H;1-2H3. The van der Waals surface area contributed by atoms with Crippen molar-refractivity contribution in [3.63, 3.8) is 0 Å². The summed E-state index contributed by atoms with van der Waals surface area (Å²) in [4.78, 5) is 0. The predicted octanol–water partition coefficient (Wildman–Crippen LogP) is 14.1. The zero-order chi connectivity index (χ0) is 32.2. The Morgan fingerprint density at radius 2 is 0.500 bits per heavy atom. The van der Waals surface area contributed by atoms with Gasteiger partial charge >= 0.3 is 0 Å². The third-order valence-electron chi connectivity index (χ3n) is 9.99. The van der Waals surface area contributed by atoms with Gasteiger partial charge in [0.2, 0.25) is 0 Å². The maximum absolute atomic E-state index is 2.37. The SMILES string of the molecule is CC.c1ccc2c(c1)ccc1c3cc(-c4ccc5cc(-c6ccc7ccc8c9ccccc9ccc8c7c6)ccc5c4)ccc3ccc21. The van der Waals surface area contributed by atoms with Crippen molar-refractivity contribution in [2.24, 2.45) is 0 Å². The highest BCUT2D eigenvalue weighted by molar-refractivity contribution is 6.19. The maximum Gasteiger partial charge on any atom is -0.00987 e. The molecule has 0 saturated carbocycles. The first-order valence-corrected chi connectivity index (χ1v) is 17.0. The fourth-order valence-electron chi connectivity index (χ4n) is 7.60. The minimum absolute atomic E-state index is 1.24. The van der Waals surface area contributed by atoms with Gasteiger partial charge in [0.15, 0.2) is 0 Å². The fraction of sp³-hybridized carbons (Fsp3) is 0.0417. The van der Waals surface area contributed by atoms with Crippen molar-refractivity contribution < 1.29 is 0 Å². The van der Waals surface area contributed by atoms with E-state index in [1.807, 2.05) is 13.8 Å². The molecule has 0 heterocycles. The first-order chi connectivity index (χ1) is 23.8. The Labute approximate surface area is 280 Å². The van der Waals surface area contributed by atoms with Crippen molar-refractivity contribution in [1.29, 1.82) is 0 Å². The molecule has 0 saturated heterocycles. The molecular formula is C48H34. The van der Waals surface area contributed by atoms with Crippen LogP contribution in [0.2, 0.25) is 0 Å². The van der Waals surface area contributed by atoms with E-state index in [0.717, 1.165) is 0 Å². The smallest absolute Gasteiger partial charge is 0.00987 e. The molecule has 0 unspecified atom stereocenters. The van der Waals surface area contributed by atoms with Crippen molar-refractivity contribution in [2.45, 2.75) is 13.8 Å². The molecule has 0 aliphatic heterocycles. The minimum atomic E-state index is 1.24.